The Morgan fingerprint density at radius 3 is 0.920 bits per heavy atom. The third kappa shape index (κ3) is 9.45. The van der Waals surface area contributed by atoms with E-state index >= 15 is 0 Å². The van der Waals surface area contributed by atoms with E-state index < -0.39 is 17.9 Å². The van der Waals surface area contributed by atoms with Crippen LogP contribution in [0.5, 0.6) is 0 Å². The minimum absolute atomic E-state index is 0. The molecule has 0 saturated carbocycles. The molecule has 0 atom stereocenters. The third-order valence-electron chi connectivity index (χ3n) is 2.17. The van der Waals surface area contributed by atoms with Crippen LogP contribution in [0.15, 0.2) is 52.5 Å². The molecule has 3 heterocycles. The maximum absolute atomic E-state index is 9.96. The Kier molecular flexibility index (Phi) is 11.9. The molecule has 0 N–H and O–H groups in total. The van der Waals surface area contributed by atoms with Crippen molar-refractivity contribution in [1.82, 2.24) is 0 Å². The zero-order valence-electron chi connectivity index (χ0n) is 12.3. The molecule has 0 aliphatic carbocycles. The van der Waals surface area contributed by atoms with E-state index in [1.165, 1.54) is 52.2 Å². The van der Waals surface area contributed by atoms with E-state index in [-0.39, 0.29) is 40.8 Å². The van der Waals surface area contributed by atoms with Crippen molar-refractivity contribution < 1.29 is 29.7 Å². The molecule has 128 valence electrons. The molecule has 25 heavy (non-hydrogen) atoms. The first-order valence-corrected chi connectivity index (χ1v) is 8.80. The van der Waals surface area contributed by atoms with Gasteiger partial charge in [0, 0.05) is 14.6 Å². The Hall–Kier alpha value is -1.61. The predicted octanol–water partition coefficient (Wildman–Crippen LogP) is -0.0460. The first-order valence-electron chi connectivity index (χ1n) is 6.16. The topological polar surface area (TPSA) is 120 Å². The van der Waals surface area contributed by atoms with Gasteiger partial charge >= 0.3 is 26.2 Å². The molecule has 0 spiro atoms. The quantitative estimate of drug-likeness (QED) is 0.395. The van der Waals surface area contributed by atoms with Crippen molar-refractivity contribution in [1.29, 1.82) is 0 Å². The Labute approximate surface area is 174 Å². The monoisotopic (exact) mass is 590 g/mol. The van der Waals surface area contributed by atoms with Crippen molar-refractivity contribution in [3.8, 4) is 0 Å². The van der Waals surface area contributed by atoms with E-state index in [4.69, 9.17) is 0 Å². The van der Waals surface area contributed by atoms with Crippen molar-refractivity contribution in [3.63, 3.8) is 0 Å². The molecule has 0 bridgehead atoms. The summed E-state index contributed by atoms with van der Waals surface area (Å²) in [7, 11) is 0. The van der Waals surface area contributed by atoms with Gasteiger partial charge in [-0.1, -0.05) is 18.2 Å². The van der Waals surface area contributed by atoms with Crippen LogP contribution < -0.4 is 15.3 Å². The fraction of sp³-hybridized carbons (Fsp3) is 0. The molecule has 3 aromatic heterocycles. The summed E-state index contributed by atoms with van der Waals surface area (Å²) in [4.78, 5) is 30.7. The van der Waals surface area contributed by atoms with Crippen LogP contribution in [0.2, 0.25) is 0 Å². The summed E-state index contributed by atoms with van der Waals surface area (Å²) in [5.74, 6) is -3.29. The second-order valence-electron chi connectivity index (χ2n) is 3.79. The standard InChI is InChI=1S/3C5H4O2S.Bi/c3*6-5(7)4-2-1-3-8-4;/h3*1-3H,(H,6,7);/q;;;+3/p-3. The van der Waals surface area contributed by atoms with Gasteiger partial charge in [-0.3, -0.25) is 0 Å². The van der Waals surface area contributed by atoms with Gasteiger partial charge in [0.2, 0.25) is 0 Å². The number of carbonyl (C=O) groups is 3. The van der Waals surface area contributed by atoms with Crippen LogP contribution in [0.25, 0.3) is 0 Å². The SMILES string of the molecule is O=C([O-])c1cccs1.O=C([O-])c1cccs1.O=C([O-])c1cccs1.[Bi+3]. The number of carboxylic acids is 3. The zero-order chi connectivity index (χ0) is 17.9. The second-order valence-corrected chi connectivity index (χ2v) is 6.64. The molecule has 3 rings (SSSR count). The molecule has 0 aromatic carbocycles. The van der Waals surface area contributed by atoms with E-state index in [1.54, 1.807) is 34.3 Å². The molecule has 0 aliphatic heterocycles. The first-order chi connectivity index (χ1) is 11.4. The van der Waals surface area contributed by atoms with Crippen LogP contribution in [0.3, 0.4) is 0 Å². The molecule has 3 aromatic rings. The second kappa shape index (κ2) is 12.7. The van der Waals surface area contributed by atoms with Crippen molar-refractivity contribution in [2.45, 2.75) is 0 Å². The predicted molar refractivity (Wildman–Crippen MR) is 91.7 cm³/mol. The summed E-state index contributed by atoms with van der Waals surface area (Å²) >= 11 is 3.51. The normalized spacial score (nSPS) is 8.64. The van der Waals surface area contributed by atoms with Gasteiger partial charge in [-0.25, -0.2) is 0 Å². The number of carboxylic acid groups (broad SMARTS) is 3. The van der Waals surface area contributed by atoms with Gasteiger partial charge in [0.05, 0.1) is 17.9 Å². The van der Waals surface area contributed by atoms with Crippen LogP contribution in [0, 0.1) is 0 Å². The Morgan fingerprint density at radius 2 is 0.840 bits per heavy atom. The molecule has 0 unspecified atom stereocenters. The number of thiophene rings is 3. The van der Waals surface area contributed by atoms with Gasteiger partial charge in [-0.15, -0.1) is 34.0 Å². The van der Waals surface area contributed by atoms with E-state index in [1.807, 2.05) is 0 Å². The average molecular weight is 590 g/mol. The minimum Gasteiger partial charge on any atom is -0.544 e. The number of rotatable bonds is 3. The van der Waals surface area contributed by atoms with Crippen LogP contribution >= 0.6 is 34.0 Å². The fourth-order valence-electron chi connectivity index (χ4n) is 1.18. The van der Waals surface area contributed by atoms with Gasteiger partial charge in [0.15, 0.2) is 0 Å². The Bertz CT molecular complexity index is 646. The molecule has 6 nitrogen and oxygen atoms in total. The molecule has 2 radical (unpaired) electrons. The molecule has 0 amide bonds. The van der Waals surface area contributed by atoms with Gasteiger partial charge in [0.25, 0.3) is 0 Å². The van der Waals surface area contributed by atoms with E-state index in [0.29, 0.717) is 0 Å². The van der Waals surface area contributed by atoms with E-state index in [9.17, 15) is 29.7 Å². The first kappa shape index (κ1) is 23.4. The largest absolute Gasteiger partial charge is 3.00 e. The number of aromatic carboxylic acids is 3. The maximum atomic E-state index is 9.96. The summed E-state index contributed by atoms with van der Waals surface area (Å²) in [6, 6.07) is 9.57. The van der Waals surface area contributed by atoms with Crippen LogP contribution in [-0.4, -0.2) is 44.1 Å². The molecular weight excluding hydrogens is 581 g/mol. The smallest absolute Gasteiger partial charge is 0.544 e. The fourth-order valence-corrected chi connectivity index (χ4v) is 2.86. The van der Waals surface area contributed by atoms with Gasteiger partial charge < -0.3 is 29.7 Å². The van der Waals surface area contributed by atoms with Gasteiger partial charge in [-0.2, -0.15) is 0 Å². The number of hydrogen-bond donors (Lipinski definition) is 0. The molecular formula is C15H9BiO6S3. The van der Waals surface area contributed by atoms with Crippen LogP contribution in [0.4, 0.5) is 0 Å². The van der Waals surface area contributed by atoms with Crippen molar-refractivity contribution in [2.24, 2.45) is 0 Å². The van der Waals surface area contributed by atoms with E-state index in [0.717, 1.165) is 0 Å². The summed E-state index contributed by atoms with van der Waals surface area (Å²) in [6.45, 7) is 0. The van der Waals surface area contributed by atoms with Crippen molar-refractivity contribution in [2.75, 3.05) is 0 Å². The minimum atomic E-state index is -1.10. The van der Waals surface area contributed by atoms with Crippen LogP contribution in [0.1, 0.15) is 29.0 Å². The average Bonchev–Trinajstić information content (AvgIpc) is 3.29. The third-order valence-corrected chi connectivity index (χ3v) is 4.72. The molecule has 0 aliphatic rings. The maximum Gasteiger partial charge on any atom is 3.00 e. The van der Waals surface area contributed by atoms with Crippen LogP contribution in [-0.2, 0) is 0 Å². The molecule has 10 heteroatoms. The summed E-state index contributed by atoms with van der Waals surface area (Å²) in [5, 5.41) is 35.0. The van der Waals surface area contributed by atoms with Crippen molar-refractivity contribution >= 4 is 78.1 Å². The van der Waals surface area contributed by atoms with Gasteiger partial charge in [0.1, 0.15) is 0 Å². The Morgan fingerprint density at radius 1 is 0.600 bits per heavy atom. The Balaban J connectivity index is 0.000000339. The summed E-state index contributed by atoms with van der Waals surface area (Å²) in [5.41, 5.74) is 0. The summed E-state index contributed by atoms with van der Waals surface area (Å²) in [6.07, 6.45) is 0. The number of carbonyl (C=O) groups excluding carboxylic acids is 3. The van der Waals surface area contributed by atoms with Gasteiger partial charge in [-0.05, 0) is 34.3 Å². The summed E-state index contributed by atoms with van der Waals surface area (Å²) < 4.78 is 0. The number of hydrogen-bond acceptors (Lipinski definition) is 9. The van der Waals surface area contributed by atoms with Crippen molar-refractivity contribution in [3.05, 3.63) is 67.2 Å². The van der Waals surface area contributed by atoms with E-state index in [2.05, 4.69) is 0 Å². The zero-order valence-corrected chi connectivity index (χ0v) is 18.2. The molecule has 0 saturated heterocycles. The molecule has 0 fully saturated rings.